The van der Waals surface area contributed by atoms with E-state index in [1.54, 1.807) is 0 Å². The monoisotopic (exact) mass is 253 g/mol. The molecule has 0 bridgehead atoms. The Morgan fingerprint density at radius 2 is 2.33 bits per heavy atom. The largest absolute Gasteiger partial charge is 0.312 e. The van der Waals surface area contributed by atoms with E-state index in [1.165, 1.54) is 12.1 Å². The van der Waals surface area contributed by atoms with Gasteiger partial charge in [-0.15, -0.1) is 0 Å². The summed E-state index contributed by atoms with van der Waals surface area (Å²) in [4.78, 5) is 12.3. The molecule has 1 aliphatic heterocycles. The van der Waals surface area contributed by atoms with E-state index in [0.717, 1.165) is 25.7 Å². The van der Waals surface area contributed by atoms with Gasteiger partial charge in [0.15, 0.2) is 0 Å². The average molecular weight is 253 g/mol. The van der Waals surface area contributed by atoms with Crippen LogP contribution < -0.4 is 5.32 Å². The highest BCUT2D eigenvalue weighted by molar-refractivity contribution is 5.35. The van der Waals surface area contributed by atoms with Gasteiger partial charge in [0.1, 0.15) is 5.82 Å². The standard InChI is InChI=1S/C12H16FN3O2/c1-9-7-15(3-2-14-9)8-10-4-11(13)6-12(5-10)16(17)18/h4-6,9,14H,2-3,7-8H2,1H3. The van der Waals surface area contributed by atoms with Crippen LogP contribution in [0.5, 0.6) is 0 Å². The molecule has 0 radical (unpaired) electrons. The molecule has 0 spiro atoms. The molecule has 1 aromatic rings. The minimum atomic E-state index is -0.563. The van der Waals surface area contributed by atoms with Gasteiger partial charge in [-0.3, -0.25) is 15.0 Å². The van der Waals surface area contributed by atoms with Crippen molar-refractivity contribution in [1.29, 1.82) is 0 Å². The van der Waals surface area contributed by atoms with E-state index >= 15 is 0 Å². The van der Waals surface area contributed by atoms with Crippen LogP contribution in [0, 0.1) is 15.9 Å². The Kier molecular flexibility index (Phi) is 3.88. The van der Waals surface area contributed by atoms with Crippen LogP contribution in [0.2, 0.25) is 0 Å². The summed E-state index contributed by atoms with van der Waals surface area (Å²) in [7, 11) is 0. The van der Waals surface area contributed by atoms with E-state index in [9.17, 15) is 14.5 Å². The predicted molar refractivity (Wildman–Crippen MR) is 65.8 cm³/mol. The Bertz CT molecular complexity index is 453. The summed E-state index contributed by atoms with van der Waals surface area (Å²) >= 11 is 0. The van der Waals surface area contributed by atoms with Crippen molar-refractivity contribution < 1.29 is 9.31 Å². The first kappa shape index (κ1) is 12.9. The van der Waals surface area contributed by atoms with E-state index < -0.39 is 10.7 Å². The van der Waals surface area contributed by atoms with Crippen LogP contribution >= 0.6 is 0 Å². The molecule has 98 valence electrons. The van der Waals surface area contributed by atoms with Crippen molar-refractivity contribution in [3.05, 3.63) is 39.7 Å². The molecule has 2 rings (SSSR count). The Hall–Kier alpha value is -1.53. The topological polar surface area (TPSA) is 58.4 Å². The van der Waals surface area contributed by atoms with Crippen LogP contribution in [0.1, 0.15) is 12.5 Å². The lowest BCUT2D eigenvalue weighted by atomic mass is 10.1. The quantitative estimate of drug-likeness (QED) is 0.655. The Morgan fingerprint density at radius 3 is 3.00 bits per heavy atom. The number of nitro benzene ring substituents is 1. The van der Waals surface area contributed by atoms with Crippen molar-refractivity contribution in [3.63, 3.8) is 0 Å². The SMILES string of the molecule is CC1CN(Cc2cc(F)cc([N+](=O)[O-])c2)CCN1. The minimum absolute atomic E-state index is 0.187. The van der Waals surface area contributed by atoms with Gasteiger partial charge in [-0.1, -0.05) is 0 Å². The highest BCUT2D eigenvalue weighted by Gasteiger charge is 2.17. The first-order valence-corrected chi connectivity index (χ1v) is 5.94. The molecule has 0 aliphatic carbocycles. The van der Waals surface area contributed by atoms with Gasteiger partial charge >= 0.3 is 0 Å². The maximum absolute atomic E-state index is 13.3. The molecule has 1 atom stereocenters. The van der Waals surface area contributed by atoms with E-state index in [-0.39, 0.29) is 5.69 Å². The van der Waals surface area contributed by atoms with Crippen molar-refractivity contribution in [1.82, 2.24) is 10.2 Å². The summed E-state index contributed by atoms with van der Waals surface area (Å²) in [6.45, 7) is 5.25. The first-order valence-electron chi connectivity index (χ1n) is 5.94. The summed E-state index contributed by atoms with van der Waals surface area (Å²) in [5, 5.41) is 14.0. The first-order chi connectivity index (χ1) is 8.54. The van der Waals surface area contributed by atoms with Gasteiger partial charge in [-0.2, -0.15) is 0 Å². The highest BCUT2D eigenvalue weighted by Crippen LogP contribution is 2.18. The fourth-order valence-corrected chi connectivity index (χ4v) is 2.24. The van der Waals surface area contributed by atoms with Crippen LogP contribution in [0.15, 0.2) is 18.2 Å². The third-order valence-corrected chi connectivity index (χ3v) is 3.01. The number of piperazine rings is 1. The molecule has 6 heteroatoms. The molecule has 1 aromatic carbocycles. The summed E-state index contributed by atoms with van der Waals surface area (Å²) < 4.78 is 13.3. The number of hydrogen-bond donors (Lipinski definition) is 1. The van der Waals surface area contributed by atoms with Crippen molar-refractivity contribution in [2.24, 2.45) is 0 Å². The number of nitrogens with zero attached hydrogens (tertiary/aromatic N) is 2. The van der Waals surface area contributed by atoms with Crippen LogP contribution in [-0.2, 0) is 6.54 Å². The van der Waals surface area contributed by atoms with Crippen molar-refractivity contribution in [2.45, 2.75) is 19.5 Å². The number of non-ortho nitro benzene ring substituents is 1. The van der Waals surface area contributed by atoms with Crippen molar-refractivity contribution in [2.75, 3.05) is 19.6 Å². The molecular formula is C12H16FN3O2. The average Bonchev–Trinajstić information content (AvgIpc) is 2.28. The smallest absolute Gasteiger partial charge is 0.272 e. The van der Waals surface area contributed by atoms with Crippen molar-refractivity contribution >= 4 is 5.69 Å². The number of nitro groups is 1. The molecule has 1 N–H and O–H groups in total. The summed E-state index contributed by atoms with van der Waals surface area (Å²) in [6, 6.07) is 4.14. The maximum atomic E-state index is 13.3. The molecule has 1 fully saturated rings. The van der Waals surface area contributed by atoms with Crippen LogP contribution in [-0.4, -0.2) is 35.5 Å². The van der Waals surface area contributed by atoms with E-state index in [4.69, 9.17) is 0 Å². The van der Waals surface area contributed by atoms with Gasteiger partial charge < -0.3 is 5.32 Å². The van der Waals surface area contributed by atoms with E-state index in [0.29, 0.717) is 18.2 Å². The lowest BCUT2D eigenvalue weighted by Gasteiger charge is -2.31. The Morgan fingerprint density at radius 1 is 1.56 bits per heavy atom. The Balaban J connectivity index is 2.10. The van der Waals surface area contributed by atoms with Crippen LogP contribution in [0.25, 0.3) is 0 Å². The van der Waals surface area contributed by atoms with Crippen molar-refractivity contribution in [3.8, 4) is 0 Å². The molecular weight excluding hydrogens is 237 g/mol. The van der Waals surface area contributed by atoms with Gasteiger partial charge in [0.2, 0.25) is 0 Å². The molecule has 1 aliphatic rings. The fourth-order valence-electron chi connectivity index (χ4n) is 2.24. The lowest BCUT2D eigenvalue weighted by Crippen LogP contribution is -2.48. The normalized spacial score (nSPS) is 20.9. The molecule has 0 saturated carbocycles. The summed E-state index contributed by atoms with van der Waals surface area (Å²) in [5.41, 5.74) is 0.462. The number of rotatable bonds is 3. The van der Waals surface area contributed by atoms with E-state index in [1.807, 2.05) is 0 Å². The lowest BCUT2D eigenvalue weighted by molar-refractivity contribution is -0.385. The second-order valence-electron chi connectivity index (χ2n) is 4.67. The van der Waals surface area contributed by atoms with Crippen LogP contribution in [0.3, 0.4) is 0 Å². The molecule has 0 amide bonds. The third kappa shape index (κ3) is 3.24. The molecule has 1 heterocycles. The zero-order valence-electron chi connectivity index (χ0n) is 10.2. The number of nitrogens with one attached hydrogen (secondary N) is 1. The van der Waals surface area contributed by atoms with Gasteiger partial charge in [0.05, 0.1) is 11.0 Å². The number of hydrogen-bond acceptors (Lipinski definition) is 4. The number of benzene rings is 1. The van der Waals surface area contributed by atoms with Gasteiger partial charge in [0, 0.05) is 38.3 Å². The fraction of sp³-hybridized carbons (Fsp3) is 0.500. The molecule has 18 heavy (non-hydrogen) atoms. The highest BCUT2D eigenvalue weighted by atomic mass is 19.1. The molecule has 1 unspecified atom stereocenters. The second-order valence-corrected chi connectivity index (χ2v) is 4.67. The Labute approximate surface area is 105 Å². The van der Waals surface area contributed by atoms with Gasteiger partial charge in [-0.25, -0.2) is 4.39 Å². The summed E-state index contributed by atoms with van der Waals surface area (Å²) in [6.07, 6.45) is 0. The maximum Gasteiger partial charge on any atom is 0.272 e. The zero-order chi connectivity index (χ0) is 13.1. The molecule has 0 aromatic heterocycles. The van der Waals surface area contributed by atoms with Gasteiger partial charge in [-0.05, 0) is 18.6 Å². The third-order valence-electron chi connectivity index (χ3n) is 3.01. The predicted octanol–water partition coefficient (Wildman–Crippen LogP) is 1.53. The van der Waals surface area contributed by atoms with E-state index in [2.05, 4.69) is 17.1 Å². The zero-order valence-corrected chi connectivity index (χ0v) is 10.2. The second kappa shape index (κ2) is 5.41. The molecule has 5 nitrogen and oxygen atoms in total. The minimum Gasteiger partial charge on any atom is -0.312 e. The molecule has 1 saturated heterocycles. The summed E-state index contributed by atoms with van der Waals surface area (Å²) in [5.74, 6) is -0.553. The van der Waals surface area contributed by atoms with Gasteiger partial charge in [0.25, 0.3) is 5.69 Å². The number of halogens is 1. The van der Waals surface area contributed by atoms with Crippen LogP contribution in [0.4, 0.5) is 10.1 Å².